The Morgan fingerprint density at radius 2 is 1.85 bits per heavy atom. The molecule has 1 aromatic heterocycles. The average molecular weight is 496 g/mol. The molecule has 0 aliphatic heterocycles. The van der Waals surface area contributed by atoms with Crippen LogP contribution in [0, 0.1) is 5.82 Å². The van der Waals surface area contributed by atoms with Crippen LogP contribution in [-0.2, 0) is 19.4 Å². The maximum absolute atomic E-state index is 13.5. The molecule has 9 nitrogen and oxygen atoms in total. The number of hydrogen-bond acceptors (Lipinski definition) is 9. The molecule has 0 spiro atoms. The van der Waals surface area contributed by atoms with Gasteiger partial charge in [-0.25, -0.2) is 22.8 Å². The highest BCUT2D eigenvalue weighted by molar-refractivity contribution is 7.90. The van der Waals surface area contributed by atoms with Crippen molar-refractivity contribution in [2.45, 2.75) is 44.8 Å². The van der Waals surface area contributed by atoms with Gasteiger partial charge in [0.25, 0.3) is 0 Å². The van der Waals surface area contributed by atoms with Crippen LogP contribution in [0.25, 0.3) is 17.3 Å². The first kappa shape index (κ1) is 27.4. The van der Waals surface area contributed by atoms with E-state index in [-0.39, 0.29) is 30.6 Å². The molecule has 1 heterocycles. The average Bonchev–Trinajstić information content (AvgIpc) is 2.75. The van der Waals surface area contributed by atoms with E-state index in [1.54, 1.807) is 6.08 Å². The molecule has 0 amide bonds. The maximum Gasteiger partial charge on any atom is 0.308 e. The molecule has 0 aliphatic carbocycles. The van der Waals surface area contributed by atoms with Gasteiger partial charge in [0, 0.05) is 23.8 Å². The zero-order chi connectivity index (χ0) is 25.5. The third-order valence-corrected chi connectivity index (χ3v) is 5.43. The minimum Gasteiger partial charge on any atom is -0.469 e. The lowest BCUT2D eigenvalue weighted by Gasteiger charge is -2.17. The van der Waals surface area contributed by atoms with Crippen molar-refractivity contribution in [2.24, 2.45) is 0 Å². The molecule has 1 aromatic carbocycles. The summed E-state index contributed by atoms with van der Waals surface area (Å²) < 4.78 is 41.2. The fourth-order valence-electron chi connectivity index (χ4n) is 3.12. The van der Waals surface area contributed by atoms with Gasteiger partial charge in [0.2, 0.25) is 5.95 Å². The molecule has 2 unspecified atom stereocenters. The minimum absolute atomic E-state index is 0.0939. The number of anilines is 1. The van der Waals surface area contributed by atoms with Crippen LogP contribution in [0.1, 0.15) is 43.9 Å². The molecule has 186 valence electrons. The molecule has 0 aliphatic rings. The van der Waals surface area contributed by atoms with Crippen LogP contribution in [0.3, 0.4) is 0 Å². The van der Waals surface area contributed by atoms with Crippen LogP contribution in [0.4, 0.5) is 10.3 Å². The number of carbonyl (C=O) groups is 1. The maximum atomic E-state index is 13.5. The van der Waals surface area contributed by atoms with E-state index in [1.807, 2.05) is 13.8 Å². The van der Waals surface area contributed by atoms with E-state index in [0.717, 1.165) is 6.26 Å². The number of sulfone groups is 1. The highest BCUT2D eigenvalue weighted by Crippen LogP contribution is 2.30. The Balaban J connectivity index is 2.47. The number of hydrogen-bond donors (Lipinski definition) is 3. The molecule has 0 bridgehead atoms. The Morgan fingerprint density at radius 3 is 2.41 bits per heavy atom. The number of halogens is 1. The zero-order valence-corrected chi connectivity index (χ0v) is 20.3. The van der Waals surface area contributed by atoms with Crippen molar-refractivity contribution < 1.29 is 32.6 Å². The quantitative estimate of drug-likeness (QED) is 0.401. The first-order valence-corrected chi connectivity index (χ1v) is 12.7. The van der Waals surface area contributed by atoms with Crippen molar-refractivity contribution in [3.05, 3.63) is 47.4 Å². The first-order valence-electron chi connectivity index (χ1n) is 10.6. The largest absolute Gasteiger partial charge is 0.469 e. The summed E-state index contributed by atoms with van der Waals surface area (Å²) in [6.07, 6.45) is 1.62. The highest BCUT2D eigenvalue weighted by Gasteiger charge is 2.19. The van der Waals surface area contributed by atoms with Gasteiger partial charge in [0.05, 0.1) is 37.1 Å². The van der Waals surface area contributed by atoms with Crippen LogP contribution in [0.2, 0.25) is 0 Å². The molecule has 3 N–H and O–H groups in total. The predicted octanol–water partition coefficient (Wildman–Crippen LogP) is 2.51. The van der Waals surface area contributed by atoms with Crippen LogP contribution in [0.5, 0.6) is 0 Å². The summed E-state index contributed by atoms with van der Waals surface area (Å²) in [7, 11) is -2.12. The lowest BCUT2D eigenvalue weighted by atomic mass is 9.97. The number of esters is 1. The molecular weight excluding hydrogens is 465 g/mol. The van der Waals surface area contributed by atoms with Crippen molar-refractivity contribution in [3.63, 3.8) is 0 Å². The summed E-state index contributed by atoms with van der Waals surface area (Å²) in [6, 6.07) is 5.63. The topological polar surface area (TPSA) is 139 Å². The summed E-state index contributed by atoms with van der Waals surface area (Å²) >= 11 is 0. The number of aliphatic hydroxyl groups excluding tert-OH is 2. The lowest BCUT2D eigenvalue weighted by molar-refractivity contribution is -0.143. The van der Waals surface area contributed by atoms with Gasteiger partial charge < -0.3 is 20.3 Å². The third kappa shape index (κ3) is 8.47. The molecule has 2 atom stereocenters. The van der Waals surface area contributed by atoms with Crippen LogP contribution < -0.4 is 5.32 Å². The lowest BCUT2D eigenvalue weighted by Crippen LogP contribution is -2.20. The number of methoxy groups -OCH3 is 1. The molecule has 2 aromatic rings. The first-order chi connectivity index (χ1) is 15.9. The second-order valence-corrected chi connectivity index (χ2v) is 10.3. The van der Waals surface area contributed by atoms with E-state index < -0.39 is 33.8 Å². The molecule has 0 fully saturated rings. The van der Waals surface area contributed by atoms with Crippen molar-refractivity contribution in [1.82, 2.24) is 9.97 Å². The molecular formula is C23H30FN3O6S. The van der Waals surface area contributed by atoms with E-state index in [0.29, 0.717) is 22.5 Å². The molecule has 0 saturated carbocycles. The summed E-state index contributed by atoms with van der Waals surface area (Å²) in [6.45, 7) is 3.79. The van der Waals surface area contributed by atoms with Gasteiger partial charge in [-0.3, -0.25) is 4.79 Å². The second kappa shape index (κ2) is 12.0. The van der Waals surface area contributed by atoms with E-state index in [9.17, 15) is 27.8 Å². The van der Waals surface area contributed by atoms with E-state index in [1.165, 1.54) is 37.5 Å². The summed E-state index contributed by atoms with van der Waals surface area (Å²) in [5.41, 5.74) is 2.10. The normalized spacial score (nSPS) is 13.8. The smallest absolute Gasteiger partial charge is 0.308 e. The van der Waals surface area contributed by atoms with Crippen LogP contribution >= 0.6 is 0 Å². The Labute approximate surface area is 198 Å². The standard InChI is InChI=1S/C23H30FN3O6S/c1-14(2)21-19(10-9-17(28)11-18(29)12-20(30)33-3)22(15-5-7-16(24)8-6-15)27-23(26-21)25-13-34(4,31)32/h5-10,14,17-18,28-29H,11-13H2,1-4H3,(H,25,26,27)/b10-9+. The van der Waals surface area contributed by atoms with Crippen molar-refractivity contribution in [2.75, 3.05) is 24.6 Å². The number of aromatic nitrogens is 2. The van der Waals surface area contributed by atoms with Crippen molar-refractivity contribution in [1.29, 1.82) is 0 Å². The molecule has 2 rings (SSSR count). The number of aliphatic hydroxyl groups is 2. The Hall–Kier alpha value is -2.89. The molecule has 34 heavy (non-hydrogen) atoms. The second-order valence-electron chi connectivity index (χ2n) is 8.20. The van der Waals surface area contributed by atoms with Gasteiger partial charge >= 0.3 is 5.97 Å². The van der Waals surface area contributed by atoms with Gasteiger partial charge in [-0.1, -0.05) is 26.0 Å². The zero-order valence-electron chi connectivity index (χ0n) is 19.5. The van der Waals surface area contributed by atoms with Gasteiger partial charge in [0.1, 0.15) is 11.7 Å². The molecule has 11 heteroatoms. The molecule has 0 saturated heterocycles. The van der Waals surface area contributed by atoms with Gasteiger partial charge in [-0.05, 0) is 30.2 Å². The van der Waals surface area contributed by atoms with Crippen LogP contribution in [-0.4, -0.2) is 66.0 Å². The van der Waals surface area contributed by atoms with Crippen molar-refractivity contribution >= 4 is 27.8 Å². The third-order valence-electron chi connectivity index (χ3n) is 4.76. The van der Waals surface area contributed by atoms with Gasteiger partial charge in [0.15, 0.2) is 9.84 Å². The minimum atomic E-state index is -3.34. The number of nitrogens with zero attached hydrogens (tertiary/aromatic N) is 2. The Bertz CT molecular complexity index is 1120. The van der Waals surface area contributed by atoms with E-state index in [4.69, 9.17) is 0 Å². The number of nitrogens with one attached hydrogen (secondary N) is 1. The van der Waals surface area contributed by atoms with Crippen molar-refractivity contribution in [3.8, 4) is 11.3 Å². The fourth-order valence-corrected chi connectivity index (χ4v) is 3.51. The van der Waals surface area contributed by atoms with E-state index in [2.05, 4.69) is 20.0 Å². The summed E-state index contributed by atoms with van der Waals surface area (Å²) in [4.78, 5) is 20.2. The monoisotopic (exact) mass is 495 g/mol. The summed E-state index contributed by atoms with van der Waals surface area (Å²) in [5.74, 6) is -1.39. The van der Waals surface area contributed by atoms with E-state index >= 15 is 0 Å². The SMILES string of the molecule is COC(=O)CC(O)CC(O)/C=C/c1c(-c2ccc(F)cc2)nc(NCS(C)(=O)=O)nc1C(C)C. The Kier molecular flexibility index (Phi) is 9.66. The molecule has 0 radical (unpaired) electrons. The van der Waals surface area contributed by atoms with Gasteiger partial charge in [-0.15, -0.1) is 0 Å². The highest BCUT2D eigenvalue weighted by atomic mass is 32.2. The number of ether oxygens (including phenoxy) is 1. The summed E-state index contributed by atoms with van der Waals surface area (Å²) in [5, 5.41) is 23.0. The fraction of sp³-hybridized carbons (Fsp3) is 0.435. The Morgan fingerprint density at radius 1 is 1.21 bits per heavy atom. The van der Waals surface area contributed by atoms with Crippen LogP contribution in [0.15, 0.2) is 30.3 Å². The number of rotatable bonds is 11. The van der Waals surface area contributed by atoms with Gasteiger partial charge in [-0.2, -0.15) is 0 Å². The predicted molar refractivity (Wildman–Crippen MR) is 127 cm³/mol. The number of carbonyl (C=O) groups excluding carboxylic acids is 1. The number of benzene rings is 1.